The molecule has 3 amide bonds. The van der Waals surface area contributed by atoms with E-state index in [0.717, 1.165) is 31.2 Å². The lowest BCUT2D eigenvalue weighted by atomic mass is 10.0. The molecule has 0 bridgehead atoms. The van der Waals surface area contributed by atoms with Gasteiger partial charge in [-0.05, 0) is 39.2 Å². The van der Waals surface area contributed by atoms with Crippen molar-refractivity contribution < 1.29 is 28.7 Å². The Balaban J connectivity index is 1.84. The quantitative estimate of drug-likeness (QED) is 0.571. The summed E-state index contributed by atoms with van der Waals surface area (Å²) >= 11 is 0. The zero-order valence-corrected chi connectivity index (χ0v) is 18.6. The van der Waals surface area contributed by atoms with Crippen LogP contribution in [0.4, 0.5) is 4.79 Å². The molecule has 0 aromatic heterocycles. The van der Waals surface area contributed by atoms with Gasteiger partial charge in [0.25, 0.3) is 6.23 Å². The van der Waals surface area contributed by atoms with Gasteiger partial charge in [0, 0.05) is 25.3 Å². The highest BCUT2D eigenvalue weighted by molar-refractivity contribution is 5.86. The van der Waals surface area contributed by atoms with E-state index in [1.807, 2.05) is 30.3 Å². The fourth-order valence-corrected chi connectivity index (χ4v) is 4.02. The largest absolute Gasteiger partial charge is 0.444 e. The third kappa shape index (κ3) is 6.04. The summed E-state index contributed by atoms with van der Waals surface area (Å²) in [5, 5.41) is 16.4. The van der Waals surface area contributed by atoms with E-state index >= 15 is 0 Å². The smallest absolute Gasteiger partial charge is 0.408 e. The van der Waals surface area contributed by atoms with Gasteiger partial charge in [0.2, 0.25) is 0 Å². The monoisotopic (exact) mass is 432 g/mol. The molecule has 8 nitrogen and oxygen atoms in total. The highest BCUT2D eigenvalue weighted by Gasteiger charge is 2.52. The summed E-state index contributed by atoms with van der Waals surface area (Å²) in [5.41, 5.74) is 0.153. The molecular weight excluding hydrogens is 398 g/mol. The molecule has 1 heterocycles. The lowest BCUT2D eigenvalue weighted by Gasteiger charge is -2.37. The van der Waals surface area contributed by atoms with E-state index in [-0.39, 0.29) is 22.9 Å². The number of alkyl carbamates (subject to hydrolysis) is 1. The molecule has 3 rings (SSSR count). The van der Waals surface area contributed by atoms with Gasteiger partial charge < -0.3 is 20.5 Å². The number of aliphatic hydroxyl groups is 1. The molecule has 170 valence electrons. The second-order valence-corrected chi connectivity index (χ2v) is 9.57. The van der Waals surface area contributed by atoms with Crippen LogP contribution in [0.25, 0.3) is 0 Å². The molecule has 1 aromatic rings. The van der Waals surface area contributed by atoms with E-state index in [9.17, 15) is 19.5 Å². The Kier molecular flexibility index (Phi) is 7.01. The third-order valence-electron chi connectivity index (χ3n) is 5.70. The summed E-state index contributed by atoms with van der Waals surface area (Å²) in [7, 11) is 0. The van der Waals surface area contributed by atoms with Gasteiger partial charge in [-0.2, -0.15) is 0 Å². The number of amides is 3. The second kappa shape index (κ2) is 9.36. The topological polar surface area (TPSA) is 105 Å². The summed E-state index contributed by atoms with van der Waals surface area (Å²) in [6.45, 7) is 5.97. The van der Waals surface area contributed by atoms with Crippen LogP contribution in [0.5, 0.6) is 0 Å². The van der Waals surface area contributed by atoms with Crippen LogP contribution in [-0.4, -0.2) is 64.5 Å². The molecule has 1 aliphatic heterocycles. The molecule has 0 radical (unpaired) electrons. The van der Waals surface area contributed by atoms with Crippen molar-refractivity contribution in [2.24, 2.45) is 0 Å². The van der Waals surface area contributed by atoms with Gasteiger partial charge in [0.1, 0.15) is 5.60 Å². The summed E-state index contributed by atoms with van der Waals surface area (Å²) in [6.07, 6.45) is 1.29. The number of rotatable bonds is 7. The lowest BCUT2D eigenvalue weighted by Crippen LogP contribution is -2.67. The first kappa shape index (κ1) is 23.2. The summed E-state index contributed by atoms with van der Waals surface area (Å²) < 4.78 is 5.00. The molecule has 8 heteroatoms. The van der Waals surface area contributed by atoms with Gasteiger partial charge in [-0.25, -0.2) is 14.1 Å². The van der Waals surface area contributed by atoms with Crippen molar-refractivity contribution in [1.82, 2.24) is 10.6 Å². The molecule has 2 aliphatic rings. The first-order valence-corrected chi connectivity index (χ1v) is 11.0. The summed E-state index contributed by atoms with van der Waals surface area (Å²) in [4.78, 5) is 38.9. The fourth-order valence-electron chi connectivity index (χ4n) is 4.02. The first-order chi connectivity index (χ1) is 14.6. The van der Waals surface area contributed by atoms with Crippen LogP contribution in [-0.2, 0) is 20.7 Å². The maximum absolute atomic E-state index is 13.8. The molecule has 2 fully saturated rings. The highest BCUT2D eigenvalue weighted by atomic mass is 16.6. The Morgan fingerprint density at radius 2 is 1.74 bits per heavy atom. The SMILES string of the molecule is CC(C)(C)OC(=O)NC(Cc1ccccc1)C(=O)[N+]1(C(O)C(=O)NC2CC2)CCCC1. The number of hydrogen-bond donors (Lipinski definition) is 3. The number of hydrogen-bond acceptors (Lipinski definition) is 5. The molecule has 1 saturated carbocycles. The normalized spacial score (nSPS) is 19.9. The average Bonchev–Trinajstić information content (AvgIpc) is 3.37. The molecule has 2 atom stereocenters. The van der Waals surface area contributed by atoms with E-state index in [1.54, 1.807) is 20.8 Å². The third-order valence-corrected chi connectivity index (χ3v) is 5.70. The Morgan fingerprint density at radius 1 is 1.13 bits per heavy atom. The number of ether oxygens (including phenoxy) is 1. The molecule has 0 spiro atoms. The van der Waals surface area contributed by atoms with Crippen molar-refractivity contribution >= 4 is 17.9 Å². The van der Waals surface area contributed by atoms with Crippen LogP contribution < -0.4 is 10.6 Å². The van der Waals surface area contributed by atoms with Crippen molar-refractivity contribution in [3.05, 3.63) is 35.9 Å². The molecular formula is C23H34N3O5+. The van der Waals surface area contributed by atoms with Crippen molar-refractivity contribution in [3.8, 4) is 0 Å². The van der Waals surface area contributed by atoms with Gasteiger partial charge in [-0.1, -0.05) is 30.3 Å². The predicted molar refractivity (Wildman–Crippen MR) is 115 cm³/mol. The predicted octanol–water partition coefficient (Wildman–Crippen LogP) is 1.86. The number of nitrogens with zero attached hydrogens (tertiary/aromatic N) is 1. The van der Waals surface area contributed by atoms with E-state index in [2.05, 4.69) is 10.6 Å². The number of carbonyl (C=O) groups is 3. The Bertz CT molecular complexity index is 795. The van der Waals surface area contributed by atoms with E-state index in [1.165, 1.54) is 0 Å². The molecule has 31 heavy (non-hydrogen) atoms. The zero-order valence-electron chi connectivity index (χ0n) is 18.6. The zero-order chi connectivity index (χ0) is 22.6. The Hall–Kier alpha value is -2.45. The number of benzene rings is 1. The molecule has 1 saturated heterocycles. The van der Waals surface area contributed by atoms with Gasteiger partial charge in [0.05, 0.1) is 13.1 Å². The number of likely N-dealkylation sites (tertiary alicyclic amines) is 1. The van der Waals surface area contributed by atoms with Crippen LogP contribution >= 0.6 is 0 Å². The molecule has 2 unspecified atom stereocenters. The standard InChI is InChI=1S/C23H33N3O5/c1-23(2,3)31-22(30)25-18(15-16-9-5-4-6-10-16)20(28)26(13-7-8-14-26)21(29)19(27)24-17-11-12-17/h4-6,9-10,17-18,21,29H,7-8,11-15H2,1-3H3,(H-,24,25,27,30)/p+1. The maximum atomic E-state index is 13.8. The number of aliphatic hydroxyl groups excluding tert-OH is 1. The number of nitrogens with one attached hydrogen (secondary N) is 2. The second-order valence-electron chi connectivity index (χ2n) is 9.57. The van der Waals surface area contributed by atoms with Gasteiger partial charge in [-0.15, -0.1) is 0 Å². The van der Waals surface area contributed by atoms with Crippen molar-refractivity contribution in [1.29, 1.82) is 0 Å². The maximum Gasteiger partial charge on any atom is 0.408 e. The van der Waals surface area contributed by atoms with Gasteiger partial charge in [0.15, 0.2) is 6.04 Å². The highest BCUT2D eigenvalue weighted by Crippen LogP contribution is 2.27. The van der Waals surface area contributed by atoms with Gasteiger partial charge in [-0.3, -0.25) is 4.79 Å². The summed E-state index contributed by atoms with van der Waals surface area (Å²) in [5.74, 6) is -0.890. The minimum Gasteiger partial charge on any atom is -0.444 e. The van der Waals surface area contributed by atoms with E-state index in [4.69, 9.17) is 4.74 Å². The van der Waals surface area contributed by atoms with Crippen LogP contribution in [0.2, 0.25) is 0 Å². The van der Waals surface area contributed by atoms with Crippen molar-refractivity contribution in [3.63, 3.8) is 0 Å². The average molecular weight is 433 g/mol. The molecule has 3 N–H and O–H groups in total. The summed E-state index contributed by atoms with van der Waals surface area (Å²) in [6, 6.07) is 8.51. The van der Waals surface area contributed by atoms with Crippen molar-refractivity contribution in [2.75, 3.05) is 13.1 Å². The Morgan fingerprint density at radius 3 is 2.29 bits per heavy atom. The van der Waals surface area contributed by atoms with Crippen LogP contribution in [0.1, 0.15) is 52.0 Å². The lowest BCUT2D eigenvalue weighted by molar-refractivity contribution is -0.881. The first-order valence-electron chi connectivity index (χ1n) is 11.0. The van der Waals surface area contributed by atoms with Crippen molar-refractivity contribution in [2.45, 2.75) is 76.8 Å². The molecule has 1 aromatic carbocycles. The van der Waals surface area contributed by atoms with E-state index < -0.39 is 29.9 Å². The fraction of sp³-hybridized carbons (Fsp3) is 0.609. The molecule has 1 aliphatic carbocycles. The van der Waals surface area contributed by atoms with E-state index in [0.29, 0.717) is 13.1 Å². The Labute approximate surface area is 183 Å². The minimum absolute atomic E-state index is 0.0832. The van der Waals surface area contributed by atoms with Crippen LogP contribution in [0.15, 0.2) is 30.3 Å². The van der Waals surface area contributed by atoms with Crippen LogP contribution in [0, 0.1) is 0 Å². The van der Waals surface area contributed by atoms with Crippen LogP contribution in [0.3, 0.4) is 0 Å². The van der Waals surface area contributed by atoms with Gasteiger partial charge >= 0.3 is 17.9 Å². The number of carbonyl (C=O) groups excluding carboxylic acids is 3. The number of quaternary nitrogens is 1. The minimum atomic E-state index is -1.49.